The van der Waals surface area contributed by atoms with Crippen LogP contribution in [-0.4, -0.2) is 81.0 Å². The molecule has 1 aliphatic heterocycles. The molecular formula is C22H25F4N9. The van der Waals surface area contributed by atoms with Crippen LogP contribution in [0.4, 0.5) is 29.5 Å². The molecule has 1 aliphatic rings. The molecule has 5 rings (SSSR count). The summed E-state index contributed by atoms with van der Waals surface area (Å²) in [5, 5.41) is 7.45. The summed E-state index contributed by atoms with van der Waals surface area (Å²) in [6.07, 6.45) is 1.51. The molecule has 1 unspecified atom stereocenters. The molecule has 0 bridgehead atoms. The van der Waals surface area contributed by atoms with Gasteiger partial charge in [0.25, 0.3) is 0 Å². The Morgan fingerprint density at radius 3 is 2.63 bits per heavy atom. The number of nitrogens with one attached hydrogen (secondary N) is 2. The Labute approximate surface area is 198 Å². The number of aromatic amines is 1. The summed E-state index contributed by atoms with van der Waals surface area (Å²) in [4.78, 5) is 20.6. The molecule has 35 heavy (non-hydrogen) atoms. The second kappa shape index (κ2) is 9.64. The Balaban J connectivity index is 1.50. The molecule has 2 N–H and O–H groups in total. The third-order valence-electron chi connectivity index (χ3n) is 6.26. The molecule has 0 spiro atoms. The maximum Gasteiger partial charge on any atom is 0.230 e. The molecule has 0 radical (unpaired) electrons. The van der Waals surface area contributed by atoms with Gasteiger partial charge in [-0.2, -0.15) is 19.6 Å². The molecule has 13 heteroatoms. The van der Waals surface area contributed by atoms with Crippen LogP contribution in [0.15, 0.2) is 18.3 Å². The predicted octanol–water partition coefficient (Wildman–Crippen LogP) is 3.06. The summed E-state index contributed by atoms with van der Waals surface area (Å²) in [6, 6.07) is 2.45. The van der Waals surface area contributed by atoms with Crippen LogP contribution >= 0.6 is 0 Å². The van der Waals surface area contributed by atoms with Gasteiger partial charge in [0, 0.05) is 37.7 Å². The van der Waals surface area contributed by atoms with Gasteiger partial charge in [0.15, 0.2) is 17.3 Å². The third-order valence-corrected chi connectivity index (χ3v) is 6.26. The maximum absolute atomic E-state index is 14.1. The van der Waals surface area contributed by atoms with Crippen LogP contribution in [0.25, 0.3) is 16.7 Å². The fourth-order valence-corrected chi connectivity index (χ4v) is 4.20. The van der Waals surface area contributed by atoms with E-state index in [9.17, 15) is 17.6 Å². The van der Waals surface area contributed by atoms with E-state index in [2.05, 4.69) is 35.3 Å². The minimum absolute atomic E-state index is 0.0234. The van der Waals surface area contributed by atoms with Crippen LogP contribution in [0.1, 0.15) is 23.7 Å². The lowest BCUT2D eigenvalue weighted by atomic mass is 10.0. The van der Waals surface area contributed by atoms with Crippen LogP contribution in [-0.2, 0) is 6.54 Å². The van der Waals surface area contributed by atoms with Gasteiger partial charge in [-0.3, -0.25) is 8.78 Å². The Hall–Kier alpha value is -3.48. The molecule has 1 fully saturated rings. The van der Waals surface area contributed by atoms with Crippen molar-refractivity contribution in [2.24, 2.45) is 0 Å². The average Bonchev–Trinajstić information content (AvgIpc) is 3.48. The zero-order valence-electron chi connectivity index (χ0n) is 19.1. The maximum atomic E-state index is 14.1. The first-order valence-electron chi connectivity index (χ1n) is 11.4. The Morgan fingerprint density at radius 1 is 1.09 bits per heavy atom. The molecule has 9 nitrogen and oxygen atoms in total. The molecule has 3 aromatic heterocycles. The van der Waals surface area contributed by atoms with Crippen LogP contribution in [0, 0.1) is 11.6 Å². The van der Waals surface area contributed by atoms with Gasteiger partial charge in [-0.15, -0.1) is 0 Å². The fourth-order valence-electron chi connectivity index (χ4n) is 4.20. The third kappa shape index (κ3) is 4.47. The summed E-state index contributed by atoms with van der Waals surface area (Å²) in [5.74, 6) is -1.53. The fraction of sp³-hybridized carbons (Fsp3) is 0.455. The zero-order valence-corrected chi connectivity index (χ0v) is 19.1. The normalized spacial score (nSPS) is 15.9. The number of piperazine rings is 1. The van der Waals surface area contributed by atoms with E-state index in [-0.39, 0.29) is 18.5 Å². The molecule has 1 atom stereocenters. The molecule has 186 valence electrons. The number of hydrogen-bond donors (Lipinski definition) is 2. The number of rotatable bonds is 8. The number of benzene rings is 1. The van der Waals surface area contributed by atoms with Crippen molar-refractivity contribution in [3.63, 3.8) is 0 Å². The summed E-state index contributed by atoms with van der Waals surface area (Å²) < 4.78 is 55.8. The van der Waals surface area contributed by atoms with E-state index in [1.165, 1.54) is 16.8 Å². The SMILES string of the molecule is CN1CCN(c2nc(NCc3nc4c(F)c(F)ccc4[nH]3)n3ncc(C(CF)CCF)c3n2)CC1. The van der Waals surface area contributed by atoms with Crippen LogP contribution in [0.3, 0.4) is 0 Å². The topological polar surface area (TPSA) is 90.3 Å². The summed E-state index contributed by atoms with van der Waals surface area (Å²) in [7, 11) is 2.04. The van der Waals surface area contributed by atoms with Crippen molar-refractivity contribution in [3.8, 4) is 0 Å². The lowest BCUT2D eigenvalue weighted by Crippen LogP contribution is -2.45. The van der Waals surface area contributed by atoms with Gasteiger partial charge in [-0.05, 0) is 25.6 Å². The van der Waals surface area contributed by atoms with Gasteiger partial charge in [-0.1, -0.05) is 0 Å². The lowest BCUT2D eigenvalue weighted by Gasteiger charge is -2.32. The second-order valence-electron chi connectivity index (χ2n) is 8.60. The Kier molecular flexibility index (Phi) is 6.41. The summed E-state index contributed by atoms with van der Waals surface area (Å²) in [5.41, 5.74) is 1.17. The highest BCUT2D eigenvalue weighted by atomic mass is 19.2. The van der Waals surface area contributed by atoms with E-state index >= 15 is 0 Å². The smallest absolute Gasteiger partial charge is 0.230 e. The van der Waals surface area contributed by atoms with Crippen molar-refractivity contribution in [2.75, 3.05) is 56.8 Å². The number of fused-ring (bicyclic) bond motifs is 2. The minimum Gasteiger partial charge on any atom is -0.347 e. The number of aromatic nitrogens is 6. The highest BCUT2D eigenvalue weighted by Gasteiger charge is 2.24. The van der Waals surface area contributed by atoms with E-state index in [0.717, 1.165) is 19.2 Å². The monoisotopic (exact) mass is 491 g/mol. The largest absolute Gasteiger partial charge is 0.347 e. The lowest BCUT2D eigenvalue weighted by molar-refractivity contribution is 0.311. The van der Waals surface area contributed by atoms with Crippen molar-refractivity contribution in [1.29, 1.82) is 0 Å². The average molecular weight is 491 g/mol. The Morgan fingerprint density at radius 2 is 1.89 bits per heavy atom. The predicted molar refractivity (Wildman–Crippen MR) is 123 cm³/mol. The first-order chi connectivity index (χ1) is 17.0. The molecule has 0 saturated carbocycles. The van der Waals surface area contributed by atoms with E-state index < -0.39 is 30.9 Å². The van der Waals surface area contributed by atoms with E-state index in [1.54, 1.807) is 0 Å². The molecule has 0 aliphatic carbocycles. The highest BCUT2D eigenvalue weighted by Crippen LogP contribution is 2.27. The van der Waals surface area contributed by atoms with Crippen molar-refractivity contribution >= 4 is 28.6 Å². The van der Waals surface area contributed by atoms with E-state index in [4.69, 9.17) is 0 Å². The first kappa shape index (κ1) is 23.3. The number of imidazole rings is 1. The quantitative estimate of drug-likeness (QED) is 0.366. The molecule has 0 amide bonds. The van der Waals surface area contributed by atoms with Gasteiger partial charge in [0.2, 0.25) is 11.9 Å². The second-order valence-corrected chi connectivity index (χ2v) is 8.60. The first-order valence-corrected chi connectivity index (χ1v) is 11.4. The van der Waals surface area contributed by atoms with Crippen LogP contribution in [0.5, 0.6) is 0 Å². The van der Waals surface area contributed by atoms with Gasteiger partial charge in [0.1, 0.15) is 11.3 Å². The number of nitrogens with zero attached hydrogens (tertiary/aromatic N) is 7. The minimum atomic E-state index is -1.02. The van der Waals surface area contributed by atoms with Gasteiger partial charge in [-0.25, -0.2) is 13.8 Å². The number of halogens is 4. The molecule has 1 aromatic carbocycles. The summed E-state index contributed by atoms with van der Waals surface area (Å²) in [6.45, 7) is 1.80. The summed E-state index contributed by atoms with van der Waals surface area (Å²) >= 11 is 0. The number of hydrogen-bond acceptors (Lipinski definition) is 7. The van der Waals surface area contributed by atoms with Crippen LogP contribution < -0.4 is 10.2 Å². The Bertz CT molecular complexity index is 1330. The number of likely N-dealkylation sites (N-methyl/N-ethyl adjacent to an activating group) is 1. The van der Waals surface area contributed by atoms with Crippen molar-refractivity contribution in [2.45, 2.75) is 18.9 Å². The van der Waals surface area contributed by atoms with E-state index in [1.807, 2.05) is 11.9 Å². The standard InChI is InChI=1S/C22H25F4N9/c1-33-6-8-34(9-7-33)22-31-20-14(13(10-24)4-5-23)11-28-35(20)21(32-22)27-12-17-29-16-3-2-15(25)18(26)19(16)30-17/h2-3,11,13H,4-10,12H2,1H3,(H,29,30)(H,27,31,32). The van der Waals surface area contributed by atoms with Gasteiger partial charge in [0.05, 0.1) is 31.6 Å². The molecule has 1 saturated heterocycles. The zero-order chi connectivity index (χ0) is 24.5. The highest BCUT2D eigenvalue weighted by molar-refractivity contribution is 5.75. The number of H-pyrrole nitrogens is 1. The van der Waals surface area contributed by atoms with Crippen molar-refractivity contribution in [3.05, 3.63) is 41.4 Å². The van der Waals surface area contributed by atoms with E-state index in [0.29, 0.717) is 47.5 Å². The molecule has 4 aromatic rings. The van der Waals surface area contributed by atoms with Crippen molar-refractivity contribution in [1.82, 2.24) is 34.4 Å². The van der Waals surface area contributed by atoms with Crippen LogP contribution in [0.2, 0.25) is 0 Å². The van der Waals surface area contributed by atoms with Gasteiger partial charge < -0.3 is 20.1 Å². The number of anilines is 2. The number of alkyl halides is 2. The van der Waals surface area contributed by atoms with Gasteiger partial charge >= 0.3 is 0 Å². The molecular weight excluding hydrogens is 466 g/mol. The van der Waals surface area contributed by atoms with Crippen molar-refractivity contribution < 1.29 is 17.6 Å². The molecule has 4 heterocycles.